The Morgan fingerprint density at radius 2 is 1.15 bits per heavy atom. The quantitative estimate of drug-likeness (QED) is 0.326. The lowest BCUT2D eigenvalue weighted by atomic mass is 9.98. The highest BCUT2D eigenvalue weighted by molar-refractivity contribution is 5.05. The second-order valence-corrected chi connectivity index (χ2v) is 7.83. The van der Waals surface area contributed by atoms with Gasteiger partial charge in [0.1, 0.15) is 49.8 Å². The molecule has 9 atom stereocenters. The van der Waals surface area contributed by atoms with Gasteiger partial charge in [0.25, 0.3) is 0 Å². The van der Waals surface area contributed by atoms with Crippen molar-refractivity contribution in [1.82, 2.24) is 0 Å². The van der Waals surface area contributed by atoms with Gasteiger partial charge in [0.15, 0.2) is 6.29 Å². The van der Waals surface area contributed by atoms with Crippen molar-refractivity contribution in [3.63, 3.8) is 0 Å². The molecule has 33 heavy (non-hydrogen) atoms. The van der Waals surface area contributed by atoms with E-state index >= 15 is 0 Å². The van der Waals surface area contributed by atoms with Crippen LogP contribution in [0.5, 0.6) is 0 Å². The van der Waals surface area contributed by atoms with Crippen molar-refractivity contribution >= 4 is 0 Å². The van der Waals surface area contributed by atoms with E-state index < -0.39 is 54.5 Å². The Labute approximate surface area is 195 Å². The molecule has 0 spiro atoms. The van der Waals surface area contributed by atoms with Gasteiger partial charge in [-0.25, -0.2) is 0 Å². The minimum absolute atomic E-state index is 0.0310. The summed E-state index contributed by atoms with van der Waals surface area (Å²) in [6.45, 7) is 0.262. The summed E-state index contributed by atoms with van der Waals surface area (Å²) >= 11 is 0. The summed E-state index contributed by atoms with van der Waals surface area (Å²) in [6.07, 6.45) is -4.62. The van der Waals surface area contributed by atoms with Crippen molar-refractivity contribution in [2.45, 2.75) is 54.5 Å². The van der Waals surface area contributed by atoms with E-state index in [1.54, 1.807) is 21.3 Å². The lowest BCUT2D eigenvalue weighted by Gasteiger charge is -2.47. The average Bonchev–Trinajstić information content (AvgIpc) is 3.07. The van der Waals surface area contributed by atoms with Crippen LogP contribution in [0.1, 0.15) is 0 Å². The molecular weight excluding hydrogens is 444 g/mol. The second-order valence-electron chi connectivity index (χ2n) is 7.83. The third-order valence-electron chi connectivity index (χ3n) is 6.09. The SMILES string of the molecule is COCC1OC(OC2(COC)OC(COC)(OC)C(OC)C2OC)C(OC)C(OC)C1OC. The molecule has 0 bridgehead atoms. The molecule has 0 N–H and O–H groups in total. The molecule has 2 saturated heterocycles. The van der Waals surface area contributed by atoms with Gasteiger partial charge in [-0.15, -0.1) is 0 Å². The zero-order valence-corrected chi connectivity index (χ0v) is 21.1. The Balaban J connectivity index is 2.48. The summed E-state index contributed by atoms with van der Waals surface area (Å²) in [5, 5.41) is 0. The summed E-state index contributed by atoms with van der Waals surface area (Å²) in [7, 11) is 13.9. The van der Waals surface area contributed by atoms with Gasteiger partial charge in [-0.05, 0) is 0 Å². The third-order valence-corrected chi connectivity index (χ3v) is 6.09. The van der Waals surface area contributed by atoms with Crippen LogP contribution in [-0.4, -0.2) is 138 Å². The molecule has 0 aromatic rings. The molecule has 0 saturated carbocycles. The Bertz CT molecular complexity index is 567. The molecule has 9 unspecified atom stereocenters. The first kappa shape index (κ1) is 28.8. The minimum Gasteiger partial charge on any atom is -0.382 e. The monoisotopic (exact) mass is 484 g/mol. The molecule has 12 nitrogen and oxygen atoms in total. The normalized spacial score (nSPS) is 41.5. The van der Waals surface area contributed by atoms with Gasteiger partial charge < -0.3 is 56.8 Å². The molecule has 2 fully saturated rings. The van der Waals surface area contributed by atoms with Crippen LogP contribution in [0.2, 0.25) is 0 Å². The number of methoxy groups -OCH3 is 9. The molecule has 2 heterocycles. The van der Waals surface area contributed by atoms with Gasteiger partial charge in [0.2, 0.25) is 11.6 Å². The molecule has 2 rings (SSSR count). The first-order valence-electron chi connectivity index (χ1n) is 10.6. The zero-order chi connectivity index (χ0) is 24.6. The van der Waals surface area contributed by atoms with E-state index in [4.69, 9.17) is 56.8 Å². The summed E-state index contributed by atoms with van der Waals surface area (Å²) in [5.41, 5.74) is 0. The second kappa shape index (κ2) is 13.0. The molecule has 0 amide bonds. The summed E-state index contributed by atoms with van der Waals surface area (Å²) in [6, 6.07) is 0. The molecule has 0 aromatic heterocycles. The first-order chi connectivity index (χ1) is 15.9. The van der Waals surface area contributed by atoms with Crippen LogP contribution >= 0.6 is 0 Å². The van der Waals surface area contributed by atoms with Crippen molar-refractivity contribution in [1.29, 1.82) is 0 Å². The topological polar surface area (TPSA) is 111 Å². The molecular formula is C21H40O12. The predicted molar refractivity (Wildman–Crippen MR) is 113 cm³/mol. The Morgan fingerprint density at radius 1 is 0.606 bits per heavy atom. The molecule has 2 aliphatic rings. The summed E-state index contributed by atoms with van der Waals surface area (Å²) in [5.74, 6) is -2.84. The van der Waals surface area contributed by atoms with E-state index in [0.29, 0.717) is 0 Å². The fraction of sp³-hybridized carbons (Fsp3) is 1.00. The number of rotatable bonds is 14. The highest BCUT2D eigenvalue weighted by atomic mass is 16.9. The van der Waals surface area contributed by atoms with Crippen LogP contribution in [0.25, 0.3) is 0 Å². The van der Waals surface area contributed by atoms with Crippen LogP contribution in [0.4, 0.5) is 0 Å². The fourth-order valence-electron chi connectivity index (χ4n) is 4.71. The Hall–Kier alpha value is -0.480. The largest absolute Gasteiger partial charge is 0.382 e. The summed E-state index contributed by atoms with van der Waals surface area (Å²) < 4.78 is 69.7. The first-order valence-corrected chi connectivity index (χ1v) is 10.6. The van der Waals surface area contributed by atoms with Gasteiger partial charge in [-0.3, -0.25) is 0 Å². The lowest BCUT2D eigenvalue weighted by Crippen LogP contribution is -2.64. The number of ether oxygens (including phenoxy) is 12. The van der Waals surface area contributed by atoms with Gasteiger partial charge in [-0.1, -0.05) is 0 Å². The van der Waals surface area contributed by atoms with E-state index in [2.05, 4.69) is 0 Å². The lowest BCUT2D eigenvalue weighted by molar-refractivity contribution is -0.411. The highest BCUT2D eigenvalue weighted by Crippen LogP contribution is 2.45. The van der Waals surface area contributed by atoms with E-state index in [1.165, 1.54) is 42.7 Å². The van der Waals surface area contributed by atoms with Gasteiger partial charge in [0, 0.05) is 64.0 Å². The molecule has 2 aliphatic heterocycles. The van der Waals surface area contributed by atoms with Crippen LogP contribution < -0.4 is 0 Å². The Kier molecular flexibility index (Phi) is 11.3. The molecule has 196 valence electrons. The molecule has 0 aromatic carbocycles. The van der Waals surface area contributed by atoms with E-state index in [0.717, 1.165) is 0 Å². The maximum Gasteiger partial charge on any atom is 0.227 e. The van der Waals surface area contributed by atoms with Crippen molar-refractivity contribution in [2.75, 3.05) is 83.8 Å². The Morgan fingerprint density at radius 3 is 1.61 bits per heavy atom. The van der Waals surface area contributed by atoms with E-state index in [-0.39, 0.29) is 19.8 Å². The highest BCUT2D eigenvalue weighted by Gasteiger charge is 2.67. The standard InChI is InChI=1S/C21H40O12/c1-22-10-13-14(25-4)15(26-5)16(27-6)19(31-13)32-21(12-24-3)18(29-8)17(28-7)20(30-9,33-21)11-23-2/h13-19H,10-12H2,1-9H3. The maximum atomic E-state index is 6.50. The smallest absolute Gasteiger partial charge is 0.227 e. The molecule has 0 radical (unpaired) electrons. The van der Waals surface area contributed by atoms with Crippen LogP contribution in [-0.2, 0) is 56.8 Å². The summed E-state index contributed by atoms with van der Waals surface area (Å²) in [4.78, 5) is 0. The van der Waals surface area contributed by atoms with Crippen molar-refractivity contribution in [3.05, 3.63) is 0 Å². The molecule has 0 aliphatic carbocycles. The van der Waals surface area contributed by atoms with Crippen molar-refractivity contribution < 1.29 is 56.8 Å². The van der Waals surface area contributed by atoms with Gasteiger partial charge in [-0.2, -0.15) is 0 Å². The predicted octanol–water partition coefficient (Wildman–Crippen LogP) is -0.189. The fourth-order valence-corrected chi connectivity index (χ4v) is 4.71. The average molecular weight is 485 g/mol. The van der Waals surface area contributed by atoms with Crippen molar-refractivity contribution in [2.24, 2.45) is 0 Å². The minimum atomic E-state index is -1.50. The van der Waals surface area contributed by atoms with Crippen LogP contribution in [0.15, 0.2) is 0 Å². The van der Waals surface area contributed by atoms with Crippen LogP contribution in [0, 0.1) is 0 Å². The third kappa shape index (κ3) is 5.52. The van der Waals surface area contributed by atoms with Gasteiger partial charge >= 0.3 is 0 Å². The number of hydrogen-bond acceptors (Lipinski definition) is 12. The molecule has 12 heteroatoms. The van der Waals surface area contributed by atoms with E-state index in [1.807, 2.05) is 0 Å². The number of hydrogen-bond donors (Lipinski definition) is 0. The van der Waals surface area contributed by atoms with Gasteiger partial charge in [0.05, 0.1) is 6.61 Å². The van der Waals surface area contributed by atoms with E-state index in [9.17, 15) is 0 Å². The van der Waals surface area contributed by atoms with Crippen LogP contribution in [0.3, 0.4) is 0 Å². The van der Waals surface area contributed by atoms with Crippen molar-refractivity contribution in [3.8, 4) is 0 Å². The maximum absolute atomic E-state index is 6.50. The zero-order valence-electron chi connectivity index (χ0n) is 21.1.